The van der Waals surface area contributed by atoms with Crippen LogP contribution < -0.4 is 5.32 Å². The van der Waals surface area contributed by atoms with Gasteiger partial charge in [0.05, 0.1) is 5.69 Å². The van der Waals surface area contributed by atoms with E-state index in [9.17, 15) is 0 Å². The van der Waals surface area contributed by atoms with Gasteiger partial charge < -0.3 is 5.32 Å². The fourth-order valence-electron chi connectivity index (χ4n) is 2.67. The summed E-state index contributed by atoms with van der Waals surface area (Å²) in [6.45, 7) is 4.06. The molecular weight excluding hydrogens is 270 g/mol. The molecule has 4 heteroatoms. The van der Waals surface area contributed by atoms with E-state index in [1.165, 1.54) is 17.0 Å². The molecule has 104 valence electrons. The van der Waals surface area contributed by atoms with Gasteiger partial charge in [-0.15, -0.1) is 0 Å². The lowest BCUT2D eigenvalue weighted by Gasteiger charge is -2.19. The molecule has 1 N–H and O–H groups in total. The topological polar surface area (TPSA) is 37.8 Å². The highest BCUT2D eigenvalue weighted by molar-refractivity contribution is 6.30. The number of hydrogen-bond acceptors (Lipinski definition) is 3. The second-order valence-corrected chi connectivity index (χ2v) is 5.54. The molecule has 0 saturated carbocycles. The second kappa shape index (κ2) is 5.90. The van der Waals surface area contributed by atoms with Crippen molar-refractivity contribution in [3.8, 4) is 0 Å². The number of halogens is 1. The van der Waals surface area contributed by atoms with Crippen molar-refractivity contribution in [2.24, 2.45) is 0 Å². The Hall–Kier alpha value is -1.45. The Morgan fingerprint density at radius 2 is 2.20 bits per heavy atom. The predicted molar refractivity (Wildman–Crippen MR) is 81.1 cm³/mol. The monoisotopic (exact) mass is 287 g/mol. The summed E-state index contributed by atoms with van der Waals surface area (Å²) in [6.07, 6.45) is 2.69. The molecule has 3 rings (SSSR count). The molecule has 0 saturated heterocycles. The first-order valence-electron chi connectivity index (χ1n) is 7.09. The number of fused-ring (bicyclic) bond motifs is 1. The van der Waals surface area contributed by atoms with Crippen LogP contribution >= 0.6 is 11.6 Å². The molecule has 1 aromatic heterocycles. The van der Waals surface area contributed by atoms with Crippen LogP contribution in [0.15, 0.2) is 24.3 Å². The van der Waals surface area contributed by atoms with Crippen molar-refractivity contribution < 1.29 is 0 Å². The molecule has 20 heavy (non-hydrogen) atoms. The van der Waals surface area contributed by atoms with Gasteiger partial charge in [-0.1, -0.05) is 30.7 Å². The van der Waals surface area contributed by atoms with Crippen LogP contribution in [0, 0.1) is 0 Å². The third kappa shape index (κ3) is 2.84. The van der Waals surface area contributed by atoms with E-state index in [1.54, 1.807) is 0 Å². The number of hydrogen-bond donors (Lipinski definition) is 1. The van der Waals surface area contributed by atoms with Crippen LogP contribution in [0.25, 0.3) is 0 Å². The van der Waals surface area contributed by atoms with E-state index in [4.69, 9.17) is 21.6 Å². The summed E-state index contributed by atoms with van der Waals surface area (Å²) in [5.41, 5.74) is 4.86. The second-order valence-electron chi connectivity index (χ2n) is 5.10. The van der Waals surface area contributed by atoms with E-state index in [0.717, 1.165) is 48.8 Å². The minimum Gasteiger partial charge on any atom is -0.312 e. The Labute approximate surface area is 124 Å². The van der Waals surface area contributed by atoms with Crippen LogP contribution in [-0.4, -0.2) is 16.5 Å². The zero-order valence-corrected chi connectivity index (χ0v) is 12.4. The largest absolute Gasteiger partial charge is 0.312 e. The Morgan fingerprint density at radius 3 is 3.00 bits per heavy atom. The molecule has 0 radical (unpaired) electrons. The molecule has 0 unspecified atom stereocenters. The average Bonchev–Trinajstić information content (AvgIpc) is 2.46. The SMILES string of the molecule is CCc1nc(Cc2cccc(Cl)c2)nc2c1CNCC2. The minimum absolute atomic E-state index is 0.744. The quantitative estimate of drug-likeness (QED) is 0.943. The number of aromatic nitrogens is 2. The van der Waals surface area contributed by atoms with Gasteiger partial charge in [-0.25, -0.2) is 9.97 Å². The summed E-state index contributed by atoms with van der Waals surface area (Å²) in [4.78, 5) is 9.49. The number of benzene rings is 1. The number of rotatable bonds is 3. The van der Waals surface area contributed by atoms with Crippen molar-refractivity contribution in [2.45, 2.75) is 32.7 Å². The fourth-order valence-corrected chi connectivity index (χ4v) is 2.88. The first-order chi connectivity index (χ1) is 9.76. The van der Waals surface area contributed by atoms with E-state index < -0.39 is 0 Å². The van der Waals surface area contributed by atoms with E-state index in [0.29, 0.717) is 0 Å². The van der Waals surface area contributed by atoms with E-state index in [2.05, 4.69) is 18.3 Å². The van der Waals surface area contributed by atoms with Crippen molar-refractivity contribution >= 4 is 11.6 Å². The minimum atomic E-state index is 0.744. The highest BCUT2D eigenvalue weighted by Gasteiger charge is 2.16. The molecule has 0 atom stereocenters. The highest BCUT2D eigenvalue weighted by Crippen LogP contribution is 2.18. The molecular formula is C16H18ClN3. The molecule has 1 aromatic carbocycles. The van der Waals surface area contributed by atoms with Gasteiger partial charge >= 0.3 is 0 Å². The standard InChI is InChI=1S/C16H18ClN3/c1-2-14-13-10-18-7-6-15(13)20-16(19-14)9-11-4-3-5-12(17)8-11/h3-5,8,18H,2,6-7,9-10H2,1H3. The van der Waals surface area contributed by atoms with Crippen LogP contribution in [0.1, 0.15) is 35.3 Å². The molecule has 0 aliphatic carbocycles. The van der Waals surface area contributed by atoms with Crippen molar-refractivity contribution in [3.05, 3.63) is 57.6 Å². The Kier molecular flexibility index (Phi) is 3.99. The van der Waals surface area contributed by atoms with Crippen LogP contribution in [-0.2, 0) is 25.8 Å². The number of aryl methyl sites for hydroxylation is 1. The normalized spacial score (nSPS) is 14.1. The Balaban J connectivity index is 1.94. The van der Waals surface area contributed by atoms with Crippen LogP contribution in [0.4, 0.5) is 0 Å². The van der Waals surface area contributed by atoms with E-state index in [1.807, 2.05) is 18.2 Å². The van der Waals surface area contributed by atoms with Gasteiger partial charge in [0.15, 0.2) is 0 Å². The molecule has 2 aromatic rings. The van der Waals surface area contributed by atoms with Crippen molar-refractivity contribution in [2.75, 3.05) is 6.54 Å². The first kappa shape index (κ1) is 13.5. The summed E-state index contributed by atoms with van der Waals surface area (Å²) < 4.78 is 0. The third-order valence-corrected chi connectivity index (χ3v) is 3.89. The average molecular weight is 288 g/mol. The van der Waals surface area contributed by atoms with Crippen LogP contribution in [0.3, 0.4) is 0 Å². The van der Waals surface area contributed by atoms with Gasteiger partial charge in [0.2, 0.25) is 0 Å². The van der Waals surface area contributed by atoms with Gasteiger partial charge in [-0.05, 0) is 24.1 Å². The molecule has 2 heterocycles. The number of nitrogens with zero attached hydrogens (tertiary/aromatic N) is 2. The first-order valence-corrected chi connectivity index (χ1v) is 7.46. The summed E-state index contributed by atoms with van der Waals surface area (Å²) in [6, 6.07) is 7.92. The molecule has 1 aliphatic rings. The zero-order valence-electron chi connectivity index (χ0n) is 11.6. The maximum Gasteiger partial charge on any atom is 0.133 e. The van der Waals surface area contributed by atoms with Gasteiger partial charge in [-0.2, -0.15) is 0 Å². The molecule has 0 amide bonds. The Bertz CT molecular complexity index is 608. The maximum absolute atomic E-state index is 6.04. The number of nitrogens with one attached hydrogen (secondary N) is 1. The third-order valence-electron chi connectivity index (χ3n) is 3.65. The fraction of sp³-hybridized carbons (Fsp3) is 0.375. The van der Waals surface area contributed by atoms with Crippen molar-refractivity contribution in [1.82, 2.24) is 15.3 Å². The van der Waals surface area contributed by atoms with Gasteiger partial charge in [0.25, 0.3) is 0 Å². The van der Waals surface area contributed by atoms with Gasteiger partial charge in [0.1, 0.15) is 5.82 Å². The summed E-state index contributed by atoms with van der Waals surface area (Å²) >= 11 is 6.04. The lowest BCUT2D eigenvalue weighted by molar-refractivity contribution is 0.611. The smallest absolute Gasteiger partial charge is 0.133 e. The molecule has 0 spiro atoms. The maximum atomic E-state index is 6.04. The summed E-state index contributed by atoms with van der Waals surface area (Å²) in [7, 11) is 0. The highest BCUT2D eigenvalue weighted by atomic mass is 35.5. The van der Waals surface area contributed by atoms with E-state index >= 15 is 0 Å². The van der Waals surface area contributed by atoms with Gasteiger partial charge in [0, 0.05) is 42.2 Å². The zero-order chi connectivity index (χ0) is 13.9. The van der Waals surface area contributed by atoms with Crippen molar-refractivity contribution in [3.63, 3.8) is 0 Å². The summed E-state index contributed by atoms with van der Waals surface area (Å²) in [5.74, 6) is 0.907. The van der Waals surface area contributed by atoms with Crippen molar-refractivity contribution in [1.29, 1.82) is 0 Å². The molecule has 0 fully saturated rings. The van der Waals surface area contributed by atoms with Crippen LogP contribution in [0.5, 0.6) is 0 Å². The lowest BCUT2D eigenvalue weighted by Crippen LogP contribution is -2.27. The van der Waals surface area contributed by atoms with Crippen LogP contribution in [0.2, 0.25) is 5.02 Å². The van der Waals surface area contributed by atoms with E-state index in [-0.39, 0.29) is 0 Å². The van der Waals surface area contributed by atoms with Gasteiger partial charge in [-0.3, -0.25) is 0 Å². The lowest BCUT2D eigenvalue weighted by atomic mass is 10.0. The molecule has 3 nitrogen and oxygen atoms in total. The predicted octanol–water partition coefficient (Wildman–Crippen LogP) is 2.93. The molecule has 0 bridgehead atoms. The summed E-state index contributed by atoms with van der Waals surface area (Å²) in [5, 5.41) is 4.16. The Morgan fingerprint density at radius 1 is 1.30 bits per heavy atom. The molecule has 1 aliphatic heterocycles.